The van der Waals surface area contributed by atoms with Crippen molar-refractivity contribution < 1.29 is 19.0 Å². The molecule has 1 aliphatic heterocycles. The van der Waals surface area contributed by atoms with Gasteiger partial charge in [-0.05, 0) is 0 Å². The molecular weight excluding hydrogens is 148 g/mol. The monoisotopic (exact) mass is 160 g/mol. The standard InChI is InChI=1S/C7H12O4/c8-2-1-3-9-6-7-10-4-5-11-7/h2,7H,1,3-6H2. The molecule has 0 unspecified atom stereocenters. The van der Waals surface area contributed by atoms with E-state index in [0.29, 0.717) is 32.8 Å². The van der Waals surface area contributed by atoms with Gasteiger partial charge in [0, 0.05) is 6.42 Å². The van der Waals surface area contributed by atoms with Gasteiger partial charge in [0.05, 0.1) is 26.4 Å². The molecule has 4 nitrogen and oxygen atoms in total. The average Bonchev–Trinajstić information content (AvgIpc) is 2.50. The maximum Gasteiger partial charge on any atom is 0.181 e. The summed E-state index contributed by atoms with van der Waals surface area (Å²) in [4.78, 5) is 9.86. The molecular formula is C7H12O4. The Hall–Kier alpha value is -0.450. The van der Waals surface area contributed by atoms with E-state index in [1.54, 1.807) is 0 Å². The summed E-state index contributed by atoms with van der Waals surface area (Å²) in [6.45, 7) is 2.16. The predicted molar refractivity (Wildman–Crippen MR) is 37.2 cm³/mol. The highest BCUT2D eigenvalue weighted by Crippen LogP contribution is 2.03. The molecule has 0 radical (unpaired) electrons. The van der Waals surface area contributed by atoms with Crippen LogP contribution < -0.4 is 0 Å². The molecule has 0 spiro atoms. The molecule has 0 amide bonds. The third kappa shape index (κ3) is 3.46. The van der Waals surface area contributed by atoms with E-state index in [1.807, 2.05) is 0 Å². The number of hydrogen-bond acceptors (Lipinski definition) is 4. The number of rotatable bonds is 5. The largest absolute Gasteiger partial charge is 0.376 e. The van der Waals surface area contributed by atoms with Crippen molar-refractivity contribution in [3.05, 3.63) is 0 Å². The van der Waals surface area contributed by atoms with Gasteiger partial charge in [0.2, 0.25) is 0 Å². The normalized spacial score (nSPS) is 18.9. The van der Waals surface area contributed by atoms with E-state index >= 15 is 0 Å². The lowest BCUT2D eigenvalue weighted by Crippen LogP contribution is -2.16. The lowest BCUT2D eigenvalue weighted by atomic mass is 10.5. The van der Waals surface area contributed by atoms with Gasteiger partial charge in [0.1, 0.15) is 6.29 Å². The first kappa shape index (κ1) is 8.64. The molecule has 64 valence electrons. The van der Waals surface area contributed by atoms with Crippen LogP contribution in [0, 0.1) is 0 Å². The highest BCUT2D eigenvalue weighted by molar-refractivity contribution is 5.49. The van der Waals surface area contributed by atoms with E-state index in [-0.39, 0.29) is 6.29 Å². The molecule has 0 aromatic heterocycles. The zero-order valence-corrected chi connectivity index (χ0v) is 6.32. The van der Waals surface area contributed by atoms with Crippen LogP contribution in [0.5, 0.6) is 0 Å². The molecule has 0 aromatic rings. The Morgan fingerprint density at radius 1 is 1.45 bits per heavy atom. The van der Waals surface area contributed by atoms with E-state index in [4.69, 9.17) is 14.2 Å². The van der Waals surface area contributed by atoms with E-state index < -0.39 is 0 Å². The molecule has 0 saturated carbocycles. The van der Waals surface area contributed by atoms with Gasteiger partial charge in [-0.15, -0.1) is 0 Å². The first-order chi connectivity index (χ1) is 5.43. The molecule has 4 heteroatoms. The second kappa shape index (κ2) is 5.23. The second-order valence-electron chi connectivity index (χ2n) is 2.20. The van der Waals surface area contributed by atoms with Gasteiger partial charge in [0.25, 0.3) is 0 Å². The van der Waals surface area contributed by atoms with Crippen LogP contribution in [-0.2, 0) is 19.0 Å². The first-order valence-electron chi connectivity index (χ1n) is 3.68. The van der Waals surface area contributed by atoms with Gasteiger partial charge in [-0.25, -0.2) is 0 Å². The van der Waals surface area contributed by atoms with Gasteiger partial charge in [-0.3, -0.25) is 0 Å². The van der Waals surface area contributed by atoms with E-state index in [2.05, 4.69) is 0 Å². The van der Waals surface area contributed by atoms with Crippen molar-refractivity contribution >= 4 is 6.29 Å². The van der Waals surface area contributed by atoms with Crippen LogP contribution in [0.2, 0.25) is 0 Å². The number of carbonyl (C=O) groups is 1. The van der Waals surface area contributed by atoms with Crippen LogP contribution in [0.25, 0.3) is 0 Å². The van der Waals surface area contributed by atoms with Crippen molar-refractivity contribution in [3.8, 4) is 0 Å². The number of ether oxygens (including phenoxy) is 3. The molecule has 1 fully saturated rings. The van der Waals surface area contributed by atoms with Crippen LogP contribution in [0.4, 0.5) is 0 Å². The summed E-state index contributed by atoms with van der Waals surface area (Å²) in [6.07, 6.45) is 1.05. The SMILES string of the molecule is O=CCCOCC1OCCO1. The van der Waals surface area contributed by atoms with Crippen molar-refractivity contribution in [1.82, 2.24) is 0 Å². The fourth-order valence-electron chi connectivity index (χ4n) is 0.814. The maximum atomic E-state index is 9.86. The summed E-state index contributed by atoms with van der Waals surface area (Å²) in [5.74, 6) is 0. The van der Waals surface area contributed by atoms with Crippen molar-refractivity contribution in [2.75, 3.05) is 26.4 Å². The van der Waals surface area contributed by atoms with E-state index in [1.165, 1.54) is 0 Å². The summed E-state index contributed by atoms with van der Waals surface area (Å²) < 4.78 is 15.3. The first-order valence-corrected chi connectivity index (χ1v) is 3.68. The van der Waals surface area contributed by atoms with Gasteiger partial charge in [0.15, 0.2) is 6.29 Å². The van der Waals surface area contributed by atoms with Crippen LogP contribution in [0.15, 0.2) is 0 Å². The molecule has 0 N–H and O–H groups in total. The predicted octanol–water partition coefficient (Wildman–Crippen LogP) is -0.0351. The molecule has 11 heavy (non-hydrogen) atoms. The summed E-state index contributed by atoms with van der Waals surface area (Å²) in [6, 6.07) is 0. The van der Waals surface area contributed by atoms with Gasteiger partial charge < -0.3 is 19.0 Å². The Bertz CT molecular complexity index is 109. The third-order valence-corrected chi connectivity index (χ3v) is 1.32. The van der Waals surface area contributed by atoms with Crippen LogP contribution in [0.3, 0.4) is 0 Å². The van der Waals surface area contributed by atoms with Crippen LogP contribution in [0.1, 0.15) is 6.42 Å². The Kier molecular flexibility index (Phi) is 4.11. The number of aldehydes is 1. The Morgan fingerprint density at radius 2 is 2.18 bits per heavy atom. The molecule has 1 aliphatic rings. The Balaban J connectivity index is 1.89. The molecule has 0 aliphatic carbocycles. The lowest BCUT2D eigenvalue weighted by Gasteiger charge is -2.07. The Labute approximate surface area is 65.4 Å². The topological polar surface area (TPSA) is 44.8 Å². The van der Waals surface area contributed by atoms with Crippen LogP contribution in [-0.4, -0.2) is 39.0 Å². The zero-order valence-electron chi connectivity index (χ0n) is 6.32. The van der Waals surface area contributed by atoms with Gasteiger partial charge in [-0.2, -0.15) is 0 Å². The highest BCUT2D eigenvalue weighted by Gasteiger charge is 2.14. The second-order valence-corrected chi connectivity index (χ2v) is 2.20. The highest BCUT2D eigenvalue weighted by atomic mass is 16.7. The van der Waals surface area contributed by atoms with E-state index in [9.17, 15) is 4.79 Å². The molecule has 1 saturated heterocycles. The fourth-order valence-corrected chi connectivity index (χ4v) is 0.814. The average molecular weight is 160 g/mol. The molecule has 0 atom stereocenters. The van der Waals surface area contributed by atoms with Crippen molar-refractivity contribution in [3.63, 3.8) is 0 Å². The minimum Gasteiger partial charge on any atom is -0.376 e. The molecule has 1 heterocycles. The Morgan fingerprint density at radius 3 is 2.82 bits per heavy atom. The zero-order chi connectivity index (χ0) is 7.94. The van der Waals surface area contributed by atoms with Crippen molar-refractivity contribution in [1.29, 1.82) is 0 Å². The van der Waals surface area contributed by atoms with Crippen molar-refractivity contribution in [2.24, 2.45) is 0 Å². The summed E-state index contributed by atoms with van der Waals surface area (Å²) >= 11 is 0. The van der Waals surface area contributed by atoms with Crippen LogP contribution >= 0.6 is 0 Å². The summed E-state index contributed by atoms with van der Waals surface area (Å²) in [5.41, 5.74) is 0. The third-order valence-electron chi connectivity index (χ3n) is 1.32. The van der Waals surface area contributed by atoms with E-state index in [0.717, 1.165) is 6.29 Å². The maximum absolute atomic E-state index is 9.86. The fraction of sp³-hybridized carbons (Fsp3) is 0.857. The molecule has 0 aromatic carbocycles. The molecule has 0 bridgehead atoms. The van der Waals surface area contributed by atoms with Gasteiger partial charge >= 0.3 is 0 Å². The minimum absolute atomic E-state index is 0.221. The minimum atomic E-state index is -0.221. The number of hydrogen-bond donors (Lipinski definition) is 0. The van der Waals surface area contributed by atoms with Gasteiger partial charge in [-0.1, -0.05) is 0 Å². The quantitative estimate of drug-likeness (QED) is 0.418. The van der Waals surface area contributed by atoms with Crippen molar-refractivity contribution in [2.45, 2.75) is 12.7 Å². The smallest absolute Gasteiger partial charge is 0.181 e. The lowest BCUT2D eigenvalue weighted by molar-refractivity contribution is -0.112. The number of carbonyl (C=O) groups excluding carboxylic acids is 1. The summed E-state index contributed by atoms with van der Waals surface area (Å²) in [7, 11) is 0. The summed E-state index contributed by atoms with van der Waals surface area (Å²) in [5, 5.41) is 0. The molecule has 1 rings (SSSR count).